The first-order valence-electron chi connectivity index (χ1n) is 9.12. The minimum absolute atomic E-state index is 0.108. The number of furan rings is 1. The molecular formula is C20H21N3O4. The summed E-state index contributed by atoms with van der Waals surface area (Å²) < 4.78 is 10.4. The maximum absolute atomic E-state index is 12.5. The number of aromatic nitrogens is 2. The summed E-state index contributed by atoms with van der Waals surface area (Å²) in [5.41, 5.74) is 1.22. The molecule has 4 rings (SSSR count). The van der Waals surface area contributed by atoms with Crippen LogP contribution in [0.15, 0.2) is 51.6 Å². The van der Waals surface area contributed by atoms with Gasteiger partial charge in [-0.1, -0.05) is 17.3 Å². The van der Waals surface area contributed by atoms with Gasteiger partial charge in [0.25, 0.3) is 0 Å². The highest BCUT2D eigenvalue weighted by atomic mass is 16.5. The van der Waals surface area contributed by atoms with E-state index in [-0.39, 0.29) is 11.7 Å². The quantitative estimate of drug-likeness (QED) is 0.743. The number of aryl methyl sites for hydroxylation is 1. The van der Waals surface area contributed by atoms with Gasteiger partial charge >= 0.3 is 0 Å². The predicted molar refractivity (Wildman–Crippen MR) is 97.0 cm³/mol. The standard InChI is InChI=1S/C20H21N3O4/c24-16-5-3-14(4-6-16)15-9-11-23(12-10-15)19(25)8-7-18-21-20(22-27-18)17-2-1-13-26-17/h1-6,13,15,24H,7-12H2. The summed E-state index contributed by atoms with van der Waals surface area (Å²) in [6.45, 7) is 1.48. The molecule has 0 spiro atoms. The fourth-order valence-electron chi connectivity index (χ4n) is 3.44. The van der Waals surface area contributed by atoms with Crippen molar-refractivity contribution < 1.29 is 18.8 Å². The zero-order chi connectivity index (χ0) is 18.6. The van der Waals surface area contributed by atoms with E-state index in [9.17, 15) is 9.90 Å². The molecule has 0 atom stereocenters. The zero-order valence-electron chi connectivity index (χ0n) is 14.9. The Hall–Kier alpha value is -3.09. The fourth-order valence-corrected chi connectivity index (χ4v) is 3.44. The number of likely N-dealkylation sites (tertiary alicyclic amines) is 1. The van der Waals surface area contributed by atoms with Gasteiger partial charge in [-0.05, 0) is 48.6 Å². The number of piperidine rings is 1. The van der Waals surface area contributed by atoms with Crippen LogP contribution in [0.2, 0.25) is 0 Å². The number of phenols is 1. The normalized spacial score (nSPS) is 15.2. The molecule has 0 radical (unpaired) electrons. The van der Waals surface area contributed by atoms with E-state index in [0.717, 1.165) is 25.9 Å². The van der Waals surface area contributed by atoms with Crippen LogP contribution in [0.4, 0.5) is 0 Å². The molecule has 0 aliphatic carbocycles. The number of nitrogens with zero attached hydrogens (tertiary/aromatic N) is 3. The Balaban J connectivity index is 1.27. The topological polar surface area (TPSA) is 92.6 Å². The monoisotopic (exact) mass is 367 g/mol. The Labute approximate surface area is 156 Å². The maximum Gasteiger partial charge on any atom is 0.238 e. The summed E-state index contributed by atoms with van der Waals surface area (Å²) in [6.07, 6.45) is 4.18. The molecule has 3 heterocycles. The van der Waals surface area contributed by atoms with Gasteiger partial charge in [-0.15, -0.1) is 0 Å². The molecule has 0 saturated carbocycles. The van der Waals surface area contributed by atoms with E-state index in [1.54, 1.807) is 30.5 Å². The molecule has 1 saturated heterocycles. The highest BCUT2D eigenvalue weighted by Crippen LogP contribution is 2.29. The molecule has 7 nitrogen and oxygen atoms in total. The third kappa shape index (κ3) is 4.02. The molecule has 3 aromatic rings. The number of carbonyl (C=O) groups excluding carboxylic acids is 1. The van der Waals surface area contributed by atoms with Crippen molar-refractivity contribution in [3.05, 3.63) is 54.1 Å². The van der Waals surface area contributed by atoms with Crippen LogP contribution in [0, 0.1) is 0 Å². The van der Waals surface area contributed by atoms with Gasteiger partial charge in [0.2, 0.25) is 17.6 Å². The molecule has 140 valence electrons. The average Bonchev–Trinajstić information content (AvgIpc) is 3.38. The third-order valence-corrected chi connectivity index (χ3v) is 4.97. The van der Waals surface area contributed by atoms with Gasteiger partial charge in [0.15, 0.2) is 5.76 Å². The van der Waals surface area contributed by atoms with E-state index < -0.39 is 0 Å². The minimum Gasteiger partial charge on any atom is -0.508 e. The molecule has 27 heavy (non-hydrogen) atoms. The summed E-state index contributed by atoms with van der Waals surface area (Å²) >= 11 is 0. The molecule has 2 aromatic heterocycles. The fraction of sp³-hybridized carbons (Fsp3) is 0.350. The number of carbonyl (C=O) groups is 1. The number of hydrogen-bond donors (Lipinski definition) is 1. The first-order valence-corrected chi connectivity index (χ1v) is 9.12. The van der Waals surface area contributed by atoms with Gasteiger partial charge < -0.3 is 18.9 Å². The van der Waals surface area contributed by atoms with Crippen molar-refractivity contribution in [3.8, 4) is 17.3 Å². The zero-order valence-corrected chi connectivity index (χ0v) is 14.9. The van der Waals surface area contributed by atoms with E-state index >= 15 is 0 Å². The van der Waals surface area contributed by atoms with Gasteiger partial charge in [0.05, 0.1) is 6.26 Å². The molecule has 1 fully saturated rings. The molecule has 1 aliphatic heterocycles. The average molecular weight is 367 g/mol. The molecule has 1 aliphatic rings. The Kier molecular flexibility index (Phi) is 4.91. The second kappa shape index (κ2) is 7.65. The second-order valence-electron chi connectivity index (χ2n) is 6.74. The summed E-state index contributed by atoms with van der Waals surface area (Å²) in [5.74, 6) is 2.21. The van der Waals surface area contributed by atoms with Crippen molar-refractivity contribution in [1.82, 2.24) is 15.0 Å². The van der Waals surface area contributed by atoms with Crippen LogP contribution < -0.4 is 0 Å². The van der Waals surface area contributed by atoms with Crippen LogP contribution in [0.1, 0.15) is 36.6 Å². The molecule has 1 N–H and O–H groups in total. The number of phenolic OH excluding ortho intramolecular Hbond substituents is 1. The van der Waals surface area contributed by atoms with Gasteiger partial charge in [-0.2, -0.15) is 4.98 Å². The minimum atomic E-state index is 0.108. The molecule has 1 amide bonds. The lowest BCUT2D eigenvalue weighted by Gasteiger charge is -2.32. The molecule has 0 unspecified atom stereocenters. The van der Waals surface area contributed by atoms with Gasteiger partial charge in [0.1, 0.15) is 5.75 Å². The summed E-state index contributed by atoms with van der Waals surface area (Å²) in [6, 6.07) is 10.9. The Morgan fingerprint density at radius 1 is 1.19 bits per heavy atom. The lowest BCUT2D eigenvalue weighted by Crippen LogP contribution is -2.38. The number of rotatable bonds is 5. The molecule has 1 aromatic carbocycles. The Morgan fingerprint density at radius 3 is 2.67 bits per heavy atom. The van der Waals surface area contributed by atoms with Crippen molar-refractivity contribution in [2.45, 2.75) is 31.6 Å². The van der Waals surface area contributed by atoms with Crippen LogP contribution in [-0.4, -0.2) is 39.1 Å². The van der Waals surface area contributed by atoms with E-state index in [4.69, 9.17) is 8.94 Å². The summed E-state index contributed by atoms with van der Waals surface area (Å²) in [5, 5.41) is 13.3. The first-order chi connectivity index (χ1) is 13.2. The smallest absolute Gasteiger partial charge is 0.238 e. The van der Waals surface area contributed by atoms with E-state index in [0.29, 0.717) is 36.2 Å². The summed E-state index contributed by atoms with van der Waals surface area (Å²) in [7, 11) is 0. The van der Waals surface area contributed by atoms with Crippen molar-refractivity contribution >= 4 is 5.91 Å². The lowest BCUT2D eigenvalue weighted by atomic mass is 9.89. The van der Waals surface area contributed by atoms with Crippen LogP contribution in [-0.2, 0) is 11.2 Å². The van der Waals surface area contributed by atoms with Crippen LogP contribution in [0.5, 0.6) is 5.75 Å². The number of amides is 1. The highest BCUT2D eigenvalue weighted by Gasteiger charge is 2.24. The third-order valence-electron chi connectivity index (χ3n) is 4.97. The van der Waals surface area contributed by atoms with Gasteiger partial charge in [-0.25, -0.2) is 0 Å². The van der Waals surface area contributed by atoms with E-state index in [2.05, 4.69) is 10.1 Å². The van der Waals surface area contributed by atoms with Crippen molar-refractivity contribution in [3.63, 3.8) is 0 Å². The Morgan fingerprint density at radius 2 is 1.96 bits per heavy atom. The number of benzene rings is 1. The van der Waals surface area contributed by atoms with Crippen LogP contribution in [0.25, 0.3) is 11.6 Å². The largest absolute Gasteiger partial charge is 0.508 e. The lowest BCUT2D eigenvalue weighted by molar-refractivity contribution is -0.132. The van der Waals surface area contributed by atoms with Gasteiger partial charge in [0, 0.05) is 25.9 Å². The SMILES string of the molecule is O=C(CCc1nc(-c2ccco2)no1)N1CCC(c2ccc(O)cc2)CC1. The highest BCUT2D eigenvalue weighted by molar-refractivity contribution is 5.76. The Bertz CT molecular complexity index is 878. The maximum atomic E-state index is 12.5. The van der Waals surface area contributed by atoms with E-state index in [1.165, 1.54) is 5.56 Å². The van der Waals surface area contributed by atoms with E-state index in [1.807, 2.05) is 17.0 Å². The summed E-state index contributed by atoms with van der Waals surface area (Å²) in [4.78, 5) is 18.6. The van der Waals surface area contributed by atoms with Crippen LogP contribution in [0.3, 0.4) is 0 Å². The number of hydrogen-bond acceptors (Lipinski definition) is 6. The van der Waals surface area contributed by atoms with Crippen molar-refractivity contribution in [2.75, 3.05) is 13.1 Å². The van der Waals surface area contributed by atoms with Crippen molar-refractivity contribution in [1.29, 1.82) is 0 Å². The molecule has 7 heteroatoms. The molecule has 0 bridgehead atoms. The van der Waals surface area contributed by atoms with Gasteiger partial charge in [-0.3, -0.25) is 4.79 Å². The van der Waals surface area contributed by atoms with Crippen LogP contribution >= 0.6 is 0 Å². The first kappa shape index (κ1) is 17.3. The number of aromatic hydroxyl groups is 1. The second-order valence-corrected chi connectivity index (χ2v) is 6.74. The molecular weight excluding hydrogens is 346 g/mol. The van der Waals surface area contributed by atoms with Crippen molar-refractivity contribution in [2.24, 2.45) is 0 Å². The predicted octanol–water partition coefficient (Wildman–Crippen LogP) is 3.37.